The molecule has 0 bridgehead atoms. The van der Waals surface area contributed by atoms with Gasteiger partial charge in [0.2, 0.25) is 5.78 Å². The third kappa shape index (κ3) is 4.32. The van der Waals surface area contributed by atoms with Crippen LogP contribution in [-0.2, 0) is 11.2 Å². The van der Waals surface area contributed by atoms with Crippen LogP contribution in [0, 0.1) is 0 Å². The van der Waals surface area contributed by atoms with Gasteiger partial charge in [0.05, 0.1) is 32.1 Å². The fraction of sp³-hybridized carbons (Fsp3) is 0.200. The van der Waals surface area contributed by atoms with Crippen LogP contribution in [0.4, 0.5) is 0 Å². The lowest BCUT2D eigenvalue weighted by Crippen LogP contribution is -2.33. The average molecular weight is 468 g/mol. The standard InChI is InChI=1S/C25H22ClNO6/c1-31-18-10-5-15(14-20(18)32-2)11-12-27-22(16-6-8-17(26)9-7-16)21(24(29)25(27)30)23(28)19-4-3-13-33-19/h3-10,13-14,22,29H,11-12H2,1-2H3/t22-/m1/s1. The summed E-state index contributed by atoms with van der Waals surface area (Å²) in [5.74, 6) is -0.520. The number of aliphatic hydroxyl groups excluding tert-OH is 1. The summed E-state index contributed by atoms with van der Waals surface area (Å²) in [5.41, 5.74) is 1.53. The smallest absolute Gasteiger partial charge is 0.290 e. The zero-order chi connectivity index (χ0) is 23.5. The third-order valence-corrected chi connectivity index (χ3v) is 5.82. The number of carbonyl (C=O) groups is 2. The molecule has 0 saturated carbocycles. The molecule has 0 fully saturated rings. The van der Waals surface area contributed by atoms with E-state index in [-0.39, 0.29) is 17.9 Å². The van der Waals surface area contributed by atoms with E-state index in [0.29, 0.717) is 28.5 Å². The predicted molar refractivity (Wildman–Crippen MR) is 122 cm³/mol. The highest BCUT2D eigenvalue weighted by atomic mass is 35.5. The Morgan fingerprint density at radius 1 is 1.09 bits per heavy atom. The second-order valence-electron chi connectivity index (χ2n) is 7.46. The number of furan rings is 1. The molecule has 0 radical (unpaired) electrons. The molecule has 33 heavy (non-hydrogen) atoms. The van der Waals surface area contributed by atoms with Crippen LogP contribution < -0.4 is 9.47 Å². The molecule has 0 saturated heterocycles. The van der Waals surface area contributed by atoms with Crippen molar-refractivity contribution in [2.75, 3.05) is 20.8 Å². The van der Waals surface area contributed by atoms with Crippen molar-refractivity contribution in [1.29, 1.82) is 0 Å². The monoisotopic (exact) mass is 467 g/mol. The number of halogens is 1. The SMILES string of the molecule is COc1ccc(CCN2C(=O)C(O)=C(C(=O)c3ccco3)[C@H]2c2ccc(Cl)cc2)cc1OC. The minimum absolute atomic E-state index is 0.0235. The van der Waals surface area contributed by atoms with Crippen molar-refractivity contribution in [3.63, 3.8) is 0 Å². The molecule has 1 atom stereocenters. The average Bonchev–Trinajstić information content (AvgIpc) is 3.45. The van der Waals surface area contributed by atoms with Gasteiger partial charge < -0.3 is 23.9 Å². The zero-order valence-electron chi connectivity index (χ0n) is 18.1. The molecule has 1 aliphatic heterocycles. The van der Waals surface area contributed by atoms with E-state index >= 15 is 0 Å². The molecule has 3 aromatic rings. The fourth-order valence-corrected chi connectivity index (χ4v) is 4.06. The molecule has 1 amide bonds. The number of benzene rings is 2. The van der Waals surface area contributed by atoms with Gasteiger partial charge in [-0.2, -0.15) is 0 Å². The van der Waals surface area contributed by atoms with Gasteiger partial charge in [-0.1, -0.05) is 29.8 Å². The summed E-state index contributed by atoms with van der Waals surface area (Å²) in [4.78, 5) is 27.7. The van der Waals surface area contributed by atoms with Crippen LogP contribution in [-0.4, -0.2) is 42.5 Å². The maximum Gasteiger partial charge on any atom is 0.290 e. The first kappa shape index (κ1) is 22.5. The number of Topliss-reactive ketones (excluding diaryl/α,β-unsaturated/α-hetero) is 1. The lowest BCUT2D eigenvalue weighted by Gasteiger charge is -2.27. The molecule has 1 N–H and O–H groups in total. The quantitative estimate of drug-likeness (QED) is 0.480. The molecule has 8 heteroatoms. The molecular formula is C25H22ClNO6. The van der Waals surface area contributed by atoms with Crippen LogP contribution >= 0.6 is 11.6 Å². The van der Waals surface area contributed by atoms with Crippen molar-refractivity contribution in [1.82, 2.24) is 4.90 Å². The van der Waals surface area contributed by atoms with E-state index in [4.69, 9.17) is 25.5 Å². The molecule has 0 unspecified atom stereocenters. The topological polar surface area (TPSA) is 89.2 Å². The number of hydrogen-bond acceptors (Lipinski definition) is 6. The summed E-state index contributed by atoms with van der Waals surface area (Å²) >= 11 is 6.04. The number of rotatable bonds is 8. The number of carbonyl (C=O) groups excluding carboxylic acids is 2. The summed E-state index contributed by atoms with van der Waals surface area (Å²) in [7, 11) is 3.11. The van der Waals surface area contributed by atoms with Crippen LogP contribution in [0.15, 0.2) is 76.6 Å². The lowest BCUT2D eigenvalue weighted by atomic mass is 9.95. The van der Waals surface area contributed by atoms with Gasteiger partial charge in [-0.3, -0.25) is 9.59 Å². The molecule has 1 aliphatic rings. The molecule has 170 valence electrons. The maximum absolute atomic E-state index is 13.1. The lowest BCUT2D eigenvalue weighted by molar-refractivity contribution is -0.129. The van der Waals surface area contributed by atoms with Crippen molar-refractivity contribution in [2.45, 2.75) is 12.5 Å². The van der Waals surface area contributed by atoms with Gasteiger partial charge in [0, 0.05) is 11.6 Å². The minimum Gasteiger partial charge on any atom is -0.503 e. The van der Waals surface area contributed by atoms with Crippen molar-refractivity contribution in [3.05, 3.63) is 94.1 Å². The molecule has 7 nitrogen and oxygen atoms in total. The van der Waals surface area contributed by atoms with Gasteiger partial charge in [0.1, 0.15) is 0 Å². The van der Waals surface area contributed by atoms with E-state index in [1.807, 2.05) is 12.1 Å². The van der Waals surface area contributed by atoms with Gasteiger partial charge in [-0.05, 0) is 53.9 Å². The van der Waals surface area contributed by atoms with Crippen LogP contribution in [0.5, 0.6) is 11.5 Å². The van der Waals surface area contributed by atoms with E-state index in [1.165, 1.54) is 17.2 Å². The minimum atomic E-state index is -0.785. The van der Waals surface area contributed by atoms with Crippen molar-refractivity contribution < 1.29 is 28.6 Å². The van der Waals surface area contributed by atoms with Crippen molar-refractivity contribution in [3.8, 4) is 11.5 Å². The first-order valence-electron chi connectivity index (χ1n) is 10.2. The number of ketones is 1. The molecule has 1 aromatic heterocycles. The van der Waals surface area contributed by atoms with Crippen LogP contribution in [0.3, 0.4) is 0 Å². The largest absolute Gasteiger partial charge is 0.503 e. The number of aliphatic hydroxyl groups is 1. The van der Waals surface area contributed by atoms with Crippen molar-refractivity contribution in [2.24, 2.45) is 0 Å². The van der Waals surface area contributed by atoms with E-state index in [0.717, 1.165) is 5.56 Å². The van der Waals surface area contributed by atoms with Gasteiger partial charge in [0.15, 0.2) is 23.0 Å². The Bertz CT molecular complexity index is 1200. The third-order valence-electron chi connectivity index (χ3n) is 5.57. The highest BCUT2D eigenvalue weighted by Crippen LogP contribution is 2.39. The number of nitrogens with zero attached hydrogens (tertiary/aromatic N) is 1. The Morgan fingerprint density at radius 3 is 2.45 bits per heavy atom. The summed E-state index contributed by atoms with van der Waals surface area (Å²) < 4.78 is 15.9. The first-order valence-corrected chi connectivity index (χ1v) is 10.6. The number of ether oxygens (including phenoxy) is 2. The van der Waals surface area contributed by atoms with Crippen LogP contribution in [0.2, 0.25) is 5.02 Å². The predicted octanol–water partition coefficient (Wildman–Crippen LogP) is 4.77. The molecular weight excluding hydrogens is 446 g/mol. The van der Waals surface area contributed by atoms with E-state index in [1.54, 1.807) is 50.6 Å². The molecule has 2 aromatic carbocycles. The fourth-order valence-electron chi connectivity index (χ4n) is 3.93. The normalized spacial score (nSPS) is 15.8. The second-order valence-corrected chi connectivity index (χ2v) is 7.90. The summed E-state index contributed by atoms with van der Waals surface area (Å²) in [6.07, 6.45) is 1.83. The molecule has 0 aliphatic carbocycles. The Balaban J connectivity index is 1.67. The van der Waals surface area contributed by atoms with E-state index in [2.05, 4.69) is 0 Å². The van der Waals surface area contributed by atoms with Gasteiger partial charge in [-0.15, -0.1) is 0 Å². The van der Waals surface area contributed by atoms with Gasteiger partial charge >= 0.3 is 0 Å². The number of hydrogen-bond donors (Lipinski definition) is 1. The van der Waals surface area contributed by atoms with Gasteiger partial charge in [0.25, 0.3) is 5.91 Å². The Labute approximate surface area is 195 Å². The van der Waals surface area contributed by atoms with Crippen LogP contribution in [0.1, 0.15) is 27.7 Å². The van der Waals surface area contributed by atoms with Gasteiger partial charge in [-0.25, -0.2) is 0 Å². The number of methoxy groups -OCH3 is 2. The molecule has 0 spiro atoms. The second kappa shape index (κ2) is 9.42. The molecule has 2 heterocycles. The molecule has 4 rings (SSSR count). The van der Waals surface area contributed by atoms with E-state index in [9.17, 15) is 14.7 Å². The zero-order valence-corrected chi connectivity index (χ0v) is 18.8. The maximum atomic E-state index is 13.1. The van der Waals surface area contributed by atoms with Crippen LogP contribution in [0.25, 0.3) is 0 Å². The summed E-state index contributed by atoms with van der Waals surface area (Å²) in [6.45, 7) is 0.251. The first-order chi connectivity index (χ1) is 15.9. The Hall–Kier alpha value is -3.71. The Morgan fingerprint density at radius 2 is 1.82 bits per heavy atom. The van der Waals surface area contributed by atoms with Crippen molar-refractivity contribution >= 4 is 23.3 Å². The number of amides is 1. The highest BCUT2D eigenvalue weighted by Gasteiger charge is 2.44. The summed E-state index contributed by atoms with van der Waals surface area (Å²) in [5, 5.41) is 11.2. The van der Waals surface area contributed by atoms with E-state index < -0.39 is 23.5 Å². The Kier molecular flexibility index (Phi) is 6.42. The highest BCUT2D eigenvalue weighted by molar-refractivity contribution is 6.30. The summed E-state index contributed by atoms with van der Waals surface area (Å²) in [6, 6.07) is 14.6.